The number of likely N-dealkylation sites (tertiary alicyclic amines) is 1. The lowest BCUT2D eigenvalue weighted by Crippen LogP contribution is -2.44. The number of rotatable bonds is 4. The third-order valence-corrected chi connectivity index (χ3v) is 3.43. The maximum atomic E-state index is 12.0. The van der Waals surface area contributed by atoms with Crippen LogP contribution in [-0.4, -0.2) is 45.1 Å². The topological polar surface area (TPSA) is 95.4 Å². The molecule has 1 aliphatic heterocycles. The van der Waals surface area contributed by atoms with Gasteiger partial charge in [-0.15, -0.1) is 0 Å². The maximum absolute atomic E-state index is 12.0. The molecule has 1 saturated heterocycles. The fourth-order valence-electron chi connectivity index (χ4n) is 2.29. The molecule has 0 atom stereocenters. The lowest BCUT2D eigenvalue weighted by atomic mass is 9.94. The highest BCUT2D eigenvalue weighted by Crippen LogP contribution is 2.20. The molecular weight excluding hydrogens is 260 g/mol. The largest absolute Gasteiger partial charge is 0.481 e. The molecule has 2 N–H and O–H groups in total. The predicted octanol–water partition coefficient (Wildman–Crippen LogP) is 0.873. The van der Waals surface area contributed by atoms with E-state index >= 15 is 0 Å². The van der Waals surface area contributed by atoms with Crippen LogP contribution in [0.2, 0.25) is 0 Å². The van der Waals surface area contributed by atoms with Crippen molar-refractivity contribution in [1.29, 1.82) is 0 Å². The summed E-state index contributed by atoms with van der Waals surface area (Å²) in [7, 11) is 0. The molecule has 0 radical (unpaired) electrons. The van der Waals surface area contributed by atoms with Crippen molar-refractivity contribution in [3.8, 4) is 0 Å². The van der Waals surface area contributed by atoms with Crippen molar-refractivity contribution in [1.82, 2.24) is 20.2 Å². The summed E-state index contributed by atoms with van der Waals surface area (Å²) in [4.78, 5) is 32.2. The molecule has 0 aliphatic carbocycles. The predicted molar refractivity (Wildman–Crippen MR) is 70.8 cm³/mol. The van der Waals surface area contributed by atoms with E-state index in [0.717, 1.165) is 18.5 Å². The first-order valence-corrected chi connectivity index (χ1v) is 6.64. The van der Waals surface area contributed by atoms with E-state index in [1.807, 2.05) is 0 Å². The van der Waals surface area contributed by atoms with Gasteiger partial charge < -0.3 is 15.3 Å². The van der Waals surface area contributed by atoms with E-state index in [0.29, 0.717) is 19.6 Å². The van der Waals surface area contributed by atoms with Gasteiger partial charge in [0.2, 0.25) is 0 Å². The molecule has 1 aromatic heterocycles. The van der Waals surface area contributed by atoms with Crippen molar-refractivity contribution in [2.75, 3.05) is 13.1 Å². The number of nitrogens with one attached hydrogen (secondary N) is 1. The van der Waals surface area contributed by atoms with E-state index in [9.17, 15) is 9.59 Å². The van der Waals surface area contributed by atoms with Gasteiger partial charge in [-0.25, -0.2) is 14.8 Å². The number of aliphatic carboxylic acids is 1. The zero-order valence-electron chi connectivity index (χ0n) is 11.2. The van der Waals surface area contributed by atoms with Gasteiger partial charge in [-0.1, -0.05) is 0 Å². The summed E-state index contributed by atoms with van der Waals surface area (Å²) in [5, 5.41) is 11.6. The third kappa shape index (κ3) is 4.18. The Morgan fingerprint density at radius 1 is 1.40 bits per heavy atom. The number of aromatic nitrogens is 2. The zero-order chi connectivity index (χ0) is 14.4. The second-order valence-corrected chi connectivity index (χ2v) is 4.89. The molecule has 7 nitrogen and oxygen atoms in total. The van der Waals surface area contributed by atoms with Gasteiger partial charge in [0.1, 0.15) is 6.33 Å². The van der Waals surface area contributed by atoms with Gasteiger partial charge in [0.25, 0.3) is 0 Å². The first kappa shape index (κ1) is 14.2. The molecule has 0 unspecified atom stereocenters. The molecule has 2 rings (SSSR count). The van der Waals surface area contributed by atoms with E-state index in [4.69, 9.17) is 5.11 Å². The number of amides is 2. The summed E-state index contributed by atoms with van der Waals surface area (Å²) >= 11 is 0. The Hall–Kier alpha value is -2.18. The molecule has 0 aromatic carbocycles. The number of nitrogens with zero attached hydrogens (tertiary/aromatic N) is 3. The van der Waals surface area contributed by atoms with Crippen LogP contribution in [0.3, 0.4) is 0 Å². The molecule has 1 aromatic rings. The molecule has 0 spiro atoms. The van der Waals surface area contributed by atoms with E-state index in [1.54, 1.807) is 17.2 Å². The van der Waals surface area contributed by atoms with Crippen molar-refractivity contribution >= 4 is 12.0 Å². The highest BCUT2D eigenvalue weighted by atomic mass is 16.4. The average Bonchev–Trinajstić information content (AvgIpc) is 2.46. The molecule has 1 fully saturated rings. The molecule has 7 heteroatoms. The lowest BCUT2D eigenvalue weighted by molar-refractivity contribution is -0.138. The highest BCUT2D eigenvalue weighted by molar-refractivity contribution is 5.74. The summed E-state index contributed by atoms with van der Waals surface area (Å²) < 4.78 is 0. The molecule has 0 saturated carbocycles. The minimum atomic E-state index is -0.767. The van der Waals surface area contributed by atoms with Gasteiger partial charge in [-0.05, 0) is 24.8 Å². The monoisotopic (exact) mass is 278 g/mol. The standard InChI is InChI=1S/C13H18N4O3/c18-12(19)7-10-2-5-17(6-3-10)13(20)15-8-11-1-4-14-9-16-11/h1,4,9-10H,2-3,5-8H2,(H,15,20)(H,18,19). The highest BCUT2D eigenvalue weighted by Gasteiger charge is 2.24. The number of carbonyl (C=O) groups excluding carboxylic acids is 1. The molecule has 1 aliphatic rings. The molecular formula is C13H18N4O3. The Bertz CT molecular complexity index is 458. The second kappa shape index (κ2) is 6.83. The summed E-state index contributed by atoms with van der Waals surface area (Å²) in [6, 6.07) is 1.62. The van der Waals surface area contributed by atoms with Crippen molar-refractivity contribution in [2.45, 2.75) is 25.8 Å². The van der Waals surface area contributed by atoms with Gasteiger partial charge >= 0.3 is 12.0 Å². The maximum Gasteiger partial charge on any atom is 0.317 e. The van der Waals surface area contributed by atoms with Crippen LogP contribution >= 0.6 is 0 Å². The molecule has 20 heavy (non-hydrogen) atoms. The van der Waals surface area contributed by atoms with Crippen LogP contribution in [0.15, 0.2) is 18.6 Å². The summed E-state index contributed by atoms with van der Waals surface area (Å²) in [5.74, 6) is -0.588. The SMILES string of the molecule is O=C(O)CC1CCN(C(=O)NCc2ccncn2)CC1. The Kier molecular flexibility index (Phi) is 4.86. The van der Waals surface area contributed by atoms with Gasteiger partial charge in [-0.3, -0.25) is 4.79 Å². The van der Waals surface area contributed by atoms with Crippen molar-refractivity contribution in [3.05, 3.63) is 24.3 Å². The first-order chi connectivity index (χ1) is 9.65. The summed E-state index contributed by atoms with van der Waals surface area (Å²) in [6.07, 6.45) is 4.75. The van der Waals surface area contributed by atoms with Gasteiger partial charge in [-0.2, -0.15) is 0 Å². The van der Waals surface area contributed by atoms with E-state index in [1.165, 1.54) is 6.33 Å². The molecule has 108 valence electrons. The number of carboxylic acids is 1. The van der Waals surface area contributed by atoms with E-state index in [-0.39, 0.29) is 18.4 Å². The lowest BCUT2D eigenvalue weighted by Gasteiger charge is -2.31. The Balaban J connectivity index is 1.73. The van der Waals surface area contributed by atoms with Crippen LogP contribution < -0.4 is 5.32 Å². The minimum absolute atomic E-state index is 0.127. The quantitative estimate of drug-likeness (QED) is 0.852. The van der Waals surface area contributed by atoms with Crippen LogP contribution in [0.5, 0.6) is 0 Å². The Labute approximate surface area is 117 Å². The van der Waals surface area contributed by atoms with E-state index < -0.39 is 5.97 Å². The zero-order valence-corrected chi connectivity index (χ0v) is 11.2. The van der Waals surface area contributed by atoms with Crippen LogP contribution in [0, 0.1) is 5.92 Å². The first-order valence-electron chi connectivity index (χ1n) is 6.64. The Morgan fingerprint density at radius 2 is 2.15 bits per heavy atom. The number of hydrogen-bond acceptors (Lipinski definition) is 4. The smallest absolute Gasteiger partial charge is 0.317 e. The van der Waals surface area contributed by atoms with E-state index in [2.05, 4.69) is 15.3 Å². The molecule has 2 heterocycles. The van der Waals surface area contributed by atoms with Crippen LogP contribution in [0.25, 0.3) is 0 Å². The van der Waals surface area contributed by atoms with Gasteiger partial charge in [0.05, 0.1) is 12.2 Å². The van der Waals surface area contributed by atoms with Gasteiger partial charge in [0.15, 0.2) is 0 Å². The number of hydrogen-bond donors (Lipinski definition) is 2. The number of carboxylic acid groups (broad SMARTS) is 1. The van der Waals surface area contributed by atoms with Gasteiger partial charge in [0, 0.05) is 25.7 Å². The summed E-state index contributed by atoms with van der Waals surface area (Å²) in [6.45, 7) is 1.58. The number of urea groups is 1. The third-order valence-electron chi connectivity index (χ3n) is 3.43. The van der Waals surface area contributed by atoms with Crippen molar-refractivity contribution in [2.24, 2.45) is 5.92 Å². The second-order valence-electron chi connectivity index (χ2n) is 4.89. The van der Waals surface area contributed by atoms with Crippen molar-refractivity contribution < 1.29 is 14.7 Å². The minimum Gasteiger partial charge on any atom is -0.481 e. The molecule has 2 amide bonds. The fourth-order valence-corrected chi connectivity index (χ4v) is 2.29. The molecule has 0 bridgehead atoms. The van der Waals surface area contributed by atoms with Crippen LogP contribution in [0.1, 0.15) is 25.0 Å². The summed E-state index contributed by atoms with van der Waals surface area (Å²) in [5.41, 5.74) is 0.758. The number of carbonyl (C=O) groups is 2. The van der Waals surface area contributed by atoms with Crippen LogP contribution in [-0.2, 0) is 11.3 Å². The Morgan fingerprint density at radius 3 is 2.75 bits per heavy atom. The van der Waals surface area contributed by atoms with Crippen LogP contribution in [0.4, 0.5) is 4.79 Å². The normalized spacial score (nSPS) is 15.9. The average molecular weight is 278 g/mol. The van der Waals surface area contributed by atoms with Crippen molar-refractivity contribution in [3.63, 3.8) is 0 Å². The number of piperidine rings is 1. The fraction of sp³-hybridized carbons (Fsp3) is 0.538.